The van der Waals surface area contributed by atoms with E-state index in [-0.39, 0.29) is 0 Å². The Hall–Kier alpha value is -0.120. The minimum Gasteiger partial charge on any atom is -0.374 e. The fourth-order valence-electron chi connectivity index (χ4n) is 1.93. The van der Waals surface area contributed by atoms with Gasteiger partial charge < -0.3 is 15.0 Å². The second-order valence-corrected chi connectivity index (χ2v) is 3.52. The maximum atomic E-state index is 5.65. The van der Waals surface area contributed by atoms with E-state index in [4.69, 9.17) is 4.74 Å². The van der Waals surface area contributed by atoms with Gasteiger partial charge in [-0.2, -0.15) is 0 Å². The van der Waals surface area contributed by atoms with Gasteiger partial charge >= 0.3 is 0 Å². The molecule has 0 spiro atoms. The van der Waals surface area contributed by atoms with Crippen molar-refractivity contribution in [1.82, 2.24) is 10.2 Å². The van der Waals surface area contributed by atoms with Crippen LogP contribution in [0.2, 0.25) is 0 Å². The number of piperidine rings is 1. The summed E-state index contributed by atoms with van der Waals surface area (Å²) >= 11 is 0. The van der Waals surface area contributed by atoms with E-state index in [1.807, 2.05) is 13.8 Å². The fourth-order valence-corrected chi connectivity index (χ4v) is 1.93. The molecule has 2 aliphatic heterocycles. The molecule has 1 N–H and O–H groups in total. The lowest BCUT2D eigenvalue weighted by atomic mass is 10.0. The van der Waals surface area contributed by atoms with Crippen LogP contribution in [0, 0.1) is 0 Å². The molecule has 0 aromatic rings. The third-order valence-electron chi connectivity index (χ3n) is 2.60. The number of ether oxygens (including phenoxy) is 1. The van der Waals surface area contributed by atoms with Gasteiger partial charge in [0.15, 0.2) is 0 Å². The lowest BCUT2D eigenvalue weighted by Gasteiger charge is -2.40. The summed E-state index contributed by atoms with van der Waals surface area (Å²) in [5.41, 5.74) is 0. The van der Waals surface area contributed by atoms with Crippen LogP contribution in [-0.2, 0) is 4.74 Å². The van der Waals surface area contributed by atoms with E-state index in [1.54, 1.807) is 0 Å². The number of nitrogens with zero attached hydrogens (tertiary/aromatic N) is 1. The van der Waals surface area contributed by atoms with Gasteiger partial charge in [0, 0.05) is 19.1 Å². The van der Waals surface area contributed by atoms with Gasteiger partial charge in [0.1, 0.15) is 0 Å². The molecule has 1 unspecified atom stereocenters. The number of likely N-dealkylation sites (N-methyl/N-ethyl adjacent to an activating group) is 1. The molecule has 0 amide bonds. The Bertz CT molecular complexity index is 141. The van der Waals surface area contributed by atoms with Gasteiger partial charge in [-0.15, -0.1) is 0 Å². The lowest BCUT2D eigenvalue weighted by molar-refractivity contribution is -0.0417. The average molecular weight is 186 g/mol. The summed E-state index contributed by atoms with van der Waals surface area (Å²) in [5, 5.41) is 3.49. The average Bonchev–Trinajstić information content (AvgIpc) is 2.21. The van der Waals surface area contributed by atoms with E-state index < -0.39 is 0 Å². The van der Waals surface area contributed by atoms with Crippen molar-refractivity contribution in [3.05, 3.63) is 0 Å². The predicted molar refractivity (Wildman–Crippen MR) is 55.0 cm³/mol. The molecule has 78 valence electrons. The summed E-state index contributed by atoms with van der Waals surface area (Å²) in [5.74, 6) is 0. The van der Waals surface area contributed by atoms with E-state index in [9.17, 15) is 0 Å². The molecule has 0 radical (unpaired) electrons. The van der Waals surface area contributed by atoms with Gasteiger partial charge in [0.05, 0.1) is 12.7 Å². The van der Waals surface area contributed by atoms with Gasteiger partial charge in [-0.1, -0.05) is 13.8 Å². The van der Waals surface area contributed by atoms with Crippen molar-refractivity contribution in [2.24, 2.45) is 0 Å². The first-order chi connectivity index (χ1) is 6.36. The molecule has 2 atom stereocenters. The molecule has 2 aliphatic rings. The Morgan fingerprint density at radius 1 is 1.38 bits per heavy atom. The second-order valence-electron chi connectivity index (χ2n) is 3.52. The molecule has 13 heavy (non-hydrogen) atoms. The highest BCUT2D eigenvalue weighted by atomic mass is 16.5. The normalized spacial score (nSPS) is 34.4. The number of rotatable bonds is 0. The molecule has 3 heteroatoms. The molecule has 3 nitrogen and oxygen atoms in total. The minimum atomic E-state index is 0.447. The standard InChI is InChI=1S/C8H16N2O.C2H6/c1-10-4-2-7-8(6-10)11-5-3-9-7;1-2/h7-9H,2-6H2,1H3;1-2H3/t7?,8-;/m1./s1. The first-order valence-corrected chi connectivity index (χ1v) is 5.40. The highest BCUT2D eigenvalue weighted by molar-refractivity contribution is 4.87. The zero-order chi connectivity index (χ0) is 9.68. The highest BCUT2D eigenvalue weighted by Gasteiger charge is 2.30. The molecular formula is C10H22N2O. The SMILES string of the molecule is CC.CN1CCC2NCCO[C@@H]2C1. The van der Waals surface area contributed by atoms with Gasteiger partial charge in [0.2, 0.25) is 0 Å². The van der Waals surface area contributed by atoms with E-state index in [1.165, 1.54) is 13.0 Å². The monoisotopic (exact) mass is 186 g/mol. The summed E-state index contributed by atoms with van der Waals surface area (Å²) in [6.07, 6.45) is 1.68. The van der Waals surface area contributed by atoms with Crippen LogP contribution in [0.25, 0.3) is 0 Å². The number of nitrogens with one attached hydrogen (secondary N) is 1. The smallest absolute Gasteiger partial charge is 0.0855 e. The number of hydrogen-bond acceptors (Lipinski definition) is 3. The zero-order valence-electron chi connectivity index (χ0n) is 9.05. The van der Waals surface area contributed by atoms with Crippen LogP contribution in [0.1, 0.15) is 20.3 Å². The van der Waals surface area contributed by atoms with Gasteiger partial charge in [-0.05, 0) is 20.0 Å². The van der Waals surface area contributed by atoms with Crippen LogP contribution in [0.4, 0.5) is 0 Å². The highest BCUT2D eigenvalue weighted by Crippen LogP contribution is 2.14. The van der Waals surface area contributed by atoms with Crippen molar-refractivity contribution in [2.75, 3.05) is 33.3 Å². The Kier molecular flexibility index (Phi) is 4.70. The first kappa shape index (κ1) is 11.0. The number of hydrogen-bond donors (Lipinski definition) is 1. The van der Waals surface area contributed by atoms with Crippen molar-refractivity contribution in [3.8, 4) is 0 Å². The Morgan fingerprint density at radius 3 is 2.92 bits per heavy atom. The van der Waals surface area contributed by atoms with Gasteiger partial charge in [-0.3, -0.25) is 0 Å². The minimum absolute atomic E-state index is 0.447. The predicted octanol–water partition coefficient (Wildman–Crippen LogP) is 0.705. The quantitative estimate of drug-likeness (QED) is 0.603. The second kappa shape index (κ2) is 5.58. The zero-order valence-corrected chi connectivity index (χ0v) is 9.05. The van der Waals surface area contributed by atoms with E-state index in [0.29, 0.717) is 12.1 Å². The molecule has 2 saturated heterocycles. The Labute approximate surface area is 81.4 Å². The lowest BCUT2D eigenvalue weighted by Crippen LogP contribution is -2.56. The largest absolute Gasteiger partial charge is 0.374 e. The summed E-state index contributed by atoms with van der Waals surface area (Å²) in [6, 6.07) is 0.625. The van der Waals surface area contributed by atoms with Gasteiger partial charge in [0.25, 0.3) is 0 Å². The number of likely N-dealkylation sites (tertiary alicyclic amines) is 1. The molecule has 2 fully saturated rings. The summed E-state index contributed by atoms with van der Waals surface area (Å²) in [6.45, 7) is 8.22. The first-order valence-electron chi connectivity index (χ1n) is 5.40. The molecule has 0 aliphatic carbocycles. The molecule has 0 saturated carbocycles. The van der Waals surface area contributed by atoms with E-state index in [2.05, 4.69) is 17.3 Å². The number of morpholine rings is 1. The Morgan fingerprint density at radius 2 is 2.15 bits per heavy atom. The van der Waals surface area contributed by atoms with Crippen molar-refractivity contribution >= 4 is 0 Å². The summed E-state index contributed by atoms with van der Waals surface area (Å²) < 4.78 is 5.65. The molecule has 2 rings (SSSR count). The van der Waals surface area contributed by atoms with Crippen LogP contribution in [0.5, 0.6) is 0 Å². The van der Waals surface area contributed by atoms with Crippen LogP contribution in [0.15, 0.2) is 0 Å². The van der Waals surface area contributed by atoms with Crippen LogP contribution >= 0.6 is 0 Å². The maximum Gasteiger partial charge on any atom is 0.0855 e. The van der Waals surface area contributed by atoms with Crippen molar-refractivity contribution in [3.63, 3.8) is 0 Å². The molecular weight excluding hydrogens is 164 g/mol. The van der Waals surface area contributed by atoms with E-state index >= 15 is 0 Å². The van der Waals surface area contributed by atoms with Crippen molar-refractivity contribution in [1.29, 1.82) is 0 Å². The van der Waals surface area contributed by atoms with Crippen LogP contribution in [-0.4, -0.2) is 50.3 Å². The number of fused-ring (bicyclic) bond motifs is 1. The maximum absolute atomic E-state index is 5.65. The summed E-state index contributed by atoms with van der Waals surface area (Å²) in [7, 11) is 2.16. The topological polar surface area (TPSA) is 24.5 Å². The molecule has 0 aromatic heterocycles. The summed E-state index contributed by atoms with van der Waals surface area (Å²) in [4.78, 5) is 2.34. The van der Waals surface area contributed by atoms with E-state index in [0.717, 1.165) is 19.7 Å². The third-order valence-corrected chi connectivity index (χ3v) is 2.60. The Balaban J connectivity index is 0.000000396. The fraction of sp³-hybridized carbons (Fsp3) is 1.00. The van der Waals surface area contributed by atoms with Crippen molar-refractivity contribution < 1.29 is 4.74 Å². The molecule has 0 bridgehead atoms. The van der Waals surface area contributed by atoms with Crippen LogP contribution < -0.4 is 5.32 Å². The van der Waals surface area contributed by atoms with Crippen LogP contribution in [0.3, 0.4) is 0 Å². The van der Waals surface area contributed by atoms with Crippen molar-refractivity contribution in [2.45, 2.75) is 32.4 Å². The third kappa shape index (κ3) is 2.93. The molecule has 0 aromatic carbocycles. The van der Waals surface area contributed by atoms with Gasteiger partial charge in [-0.25, -0.2) is 0 Å². The molecule has 2 heterocycles.